The first kappa shape index (κ1) is 10.9. The van der Waals surface area contributed by atoms with E-state index in [9.17, 15) is 18.0 Å². The first-order valence-corrected chi connectivity index (χ1v) is 4.39. The molecule has 0 unspecified atom stereocenters. The van der Waals surface area contributed by atoms with Crippen LogP contribution in [0.4, 0.5) is 13.2 Å². The van der Waals surface area contributed by atoms with E-state index < -0.39 is 17.6 Å². The molecule has 0 aliphatic carbocycles. The summed E-state index contributed by atoms with van der Waals surface area (Å²) in [5, 5.41) is -0.276. The van der Waals surface area contributed by atoms with Gasteiger partial charge in [0.05, 0.1) is 5.39 Å². The van der Waals surface area contributed by atoms with E-state index in [1.807, 2.05) is 0 Å². The van der Waals surface area contributed by atoms with Crippen molar-refractivity contribution in [1.29, 1.82) is 0 Å². The number of fused-ring (bicyclic) bond motifs is 1. The number of nitrogens with one attached hydrogen (secondary N) is 1. The highest BCUT2D eigenvalue weighted by Crippen LogP contribution is 2.27. The van der Waals surface area contributed by atoms with E-state index in [-0.39, 0.29) is 16.1 Å². The van der Waals surface area contributed by atoms with Crippen LogP contribution >= 0.6 is 11.6 Å². The number of halogens is 4. The van der Waals surface area contributed by atoms with E-state index in [1.165, 1.54) is 12.3 Å². The van der Waals surface area contributed by atoms with Crippen LogP contribution in [0.1, 0.15) is 5.82 Å². The van der Waals surface area contributed by atoms with Crippen LogP contribution in [0, 0.1) is 0 Å². The zero-order valence-electron chi connectivity index (χ0n) is 7.47. The van der Waals surface area contributed by atoms with Crippen molar-refractivity contribution < 1.29 is 13.2 Å². The highest BCUT2D eigenvalue weighted by atomic mass is 35.5. The van der Waals surface area contributed by atoms with E-state index >= 15 is 0 Å². The summed E-state index contributed by atoms with van der Waals surface area (Å²) in [4.78, 5) is 19.7. The molecule has 0 radical (unpaired) electrons. The predicted molar refractivity (Wildman–Crippen MR) is 50.2 cm³/mol. The van der Waals surface area contributed by atoms with Crippen LogP contribution in [-0.2, 0) is 6.18 Å². The summed E-state index contributed by atoms with van der Waals surface area (Å²) in [5.74, 6) is -1.39. The van der Waals surface area contributed by atoms with Gasteiger partial charge in [-0.2, -0.15) is 13.2 Å². The van der Waals surface area contributed by atoms with Gasteiger partial charge in [-0.15, -0.1) is 0 Å². The molecule has 0 aromatic carbocycles. The van der Waals surface area contributed by atoms with Crippen molar-refractivity contribution in [1.82, 2.24) is 15.0 Å². The first-order chi connectivity index (χ1) is 7.39. The lowest BCUT2D eigenvalue weighted by atomic mass is 10.3. The fraction of sp³-hybridized carbons (Fsp3) is 0.125. The molecule has 0 aliphatic heterocycles. The highest BCUT2D eigenvalue weighted by Gasteiger charge is 2.34. The molecule has 0 saturated heterocycles. The zero-order chi connectivity index (χ0) is 11.9. The van der Waals surface area contributed by atoms with E-state index in [1.54, 1.807) is 4.98 Å². The Morgan fingerprint density at radius 3 is 2.69 bits per heavy atom. The van der Waals surface area contributed by atoms with Crippen LogP contribution in [-0.4, -0.2) is 15.0 Å². The Balaban J connectivity index is 2.86. The molecule has 2 aromatic rings. The van der Waals surface area contributed by atoms with Crippen LogP contribution in [0.15, 0.2) is 17.1 Å². The van der Waals surface area contributed by atoms with Crippen molar-refractivity contribution in [2.24, 2.45) is 0 Å². The molecule has 84 valence electrons. The third-order valence-corrected chi connectivity index (χ3v) is 2.12. The molecule has 0 spiro atoms. The Bertz CT molecular complexity index is 607. The lowest BCUT2D eigenvalue weighted by molar-refractivity contribution is -0.144. The Hall–Kier alpha value is -1.63. The van der Waals surface area contributed by atoms with E-state index in [4.69, 9.17) is 11.6 Å². The Kier molecular flexibility index (Phi) is 2.34. The van der Waals surface area contributed by atoms with Gasteiger partial charge in [-0.1, -0.05) is 11.6 Å². The largest absolute Gasteiger partial charge is 0.449 e. The monoisotopic (exact) mass is 249 g/mol. The summed E-state index contributed by atoms with van der Waals surface area (Å²) >= 11 is 5.56. The van der Waals surface area contributed by atoms with Gasteiger partial charge in [-0.05, 0) is 6.07 Å². The number of H-pyrrole nitrogens is 1. The van der Waals surface area contributed by atoms with Gasteiger partial charge in [0.25, 0.3) is 5.56 Å². The minimum Gasteiger partial charge on any atom is -0.302 e. The molecule has 0 bridgehead atoms. The minimum absolute atomic E-state index is 0.0343. The molecule has 0 saturated carbocycles. The standard InChI is InChI=1S/C8H3ClF3N3O/c9-5-4-3(1-2-13-5)6(16)15-7(14-4)8(10,11)12/h1-2H,(H,14,15,16). The van der Waals surface area contributed by atoms with Crippen molar-refractivity contribution in [2.45, 2.75) is 6.18 Å². The molecule has 2 aromatic heterocycles. The molecule has 4 nitrogen and oxygen atoms in total. The van der Waals surface area contributed by atoms with Gasteiger partial charge in [-0.3, -0.25) is 4.79 Å². The fourth-order valence-corrected chi connectivity index (χ4v) is 1.37. The van der Waals surface area contributed by atoms with E-state index in [0.29, 0.717) is 0 Å². The van der Waals surface area contributed by atoms with Crippen molar-refractivity contribution in [2.75, 3.05) is 0 Å². The molecule has 0 amide bonds. The number of pyridine rings is 1. The second-order valence-electron chi connectivity index (χ2n) is 2.91. The zero-order valence-corrected chi connectivity index (χ0v) is 8.23. The maximum atomic E-state index is 12.3. The van der Waals surface area contributed by atoms with Gasteiger partial charge in [0, 0.05) is 6.20 Å². The van der Waals surface area contributed by atoms with E-state index in [0.717, 1.165) is 0 Å². The number of nitrogens with zero attached hydrogens (tertiary/aromatic N) is 2. The molecular formula is C8H3ClF3N3O. The molecule has 2 rings (SSSR count). The number of aromatic nitrogens is 3. The molecule has 0 aliphatic rings. The van der Waals surface area contributed by atoms with Gasteiger partial charge in [-0.25, -0.2) is 9.97 Å². The molecule has 1 N–H and O–H groups in total. The maximum Gasteiger partial charge on any atom is 0.449 e. The SMILES string of the molecule is O=c1[nH]c(C(F)(F)F)nc2c(Cl)nccc12. The van der Waals surface area contributed by atoms with Crippen molar-refractivity contribution in [3.63, 3.8) is 0 Å². The molecule has 8 heteroatoms. The first-order valence-electron chi connectivity index (χ1n) is 4.01. The van der Waals surface area contributed by atoms with Gasteiger partial charge in [0.2, 0.25) is 5.82 Å². The third kappa shape index (κ3) is 1.73. The van der Waals surface area contributed by atoms with Crippen molar-refractivity contribution in [3.8, 4) is 0 Å². The van der Waals surface area contributed by atoms with E-state index in [2.05, 4.69) is 9.97 Å². The summed E-state index contributed by atoms with van der Waals surface area (Å²) in [6.07, 6.45) is -3.51. The minimum atomic E-state index is -4.73. The molecule has 0 atom stereocenters. The van der Waals surface area contributed by atoms with Crippen LogP contribution in [0.5, 0.6) is 0 Å². The van der Waals surface area contributed by atoms with Crippen LogP contribution < -0.4 is 5.56 Å². The Morgan fingerprint density at radius 1 is 1.38 bits per heavy atom. The van der Waals surface area contributed by atoms with Crippen LogP contribution in [0.3, 0.4) is 0 Å². The Labute approximate surface area is 91.1 Å². The quantitative estimate of drug-likeness (QED) is 0.727. The molecule has 16 heavy (non-hydrogen) atoms. The lowest BCUT2D eigenvalue weighted by Gasteiger charge is -2.06. The fourth-order valence-electron chi connectivity index (χ4n) is 1.17. The van der Waals surface area contributed by atoms with Crippen molar-refractivity contribution in [3.05, 3.63) is 33.6 Å². The number of alkyl halides is 3. The summed E-state index contributed by atoms with van der Waals surface area (Å²) < 4.78 is 37.0. The van der Waals surface area contributed by atoms with Crippen molar-refractivity contribution >= 4 is 22.5 Å². The normalized spacial score (nSPS) is 12.0. The summed E-state index contributed by atoms with van der Waals surface area (Å²) in [6.45, 7) is 0. The molecular weight excluding hydrogens is 247 g/mol. The van der Waals surface area contributed by atoms with Gasteiger partial charge < -0.3 is 4.98 Å². The number of rotatable bonds is 0. The maximum absolute atomic E-state index is 12.3. The number of aromatic amines is 1. The van der Waals surface area contributed by atoms with Crippen LogP contribution in [0.25, 0.3) is 10.9 Å². The smallest absolute Gasteiger partial charge is 0.302 e. The topological polar surface area (TPSA) is 58.6 Å². The number of hydrogen-bond donors (Lipinski definition) is 1. The third-order valence-electron chi connectivity index (χ3n) is 1.85. The lowest BCUT2D eigenvalue weighted by Crippen LogP contribution is -2.19. The average molecular weight is 250 g/mol. The predicted octanol–water partition coefficient (Wildman–Crippen LogP) is 1.99. The number of hydrogen-bond acceptors (Lipinski definition) is 3. The second-order valence-corrected chi connectivity index (χ2v) is 3.27. The molecule has 2 heterocycles. The van der Waals surface area contributed by atoms with Gasteiger partial charge in [0.1, 0.15) is 5.52 Å². The average Bonchev–Trinajstić information content (AvgIpc) is 2.18. The van der Waals surface area contributed by atoms with Gasteiger partial charge >= 0.3 is 6.18 Å². The molecule has 0 fully saturated rings. The Morgan fingerprint density at radius 2 is 2.06 bits per heavy atom. The summed E-state index contributed by atoms with van der Waals surface area (Å²) in [6, 6.07) is 1.24. The summed E-state index contributed by atoms with van der Waals surface area (Å²) in [5.41, 5.74) is -1.16. The van der Waals surface area contributed by atoms with Gasteiger partial charge in [0.15, 0.2) is 5.15 Å². The highest BCUT2D eigenvalue weighted by molar-refractivity contribution is 6.33. The second kappa shape index (κ2) is 3.44. The summed E-state index contributed by atoms with van der Waals surface area (Å²) in [7, 11) is 0. The van der Waals surface area contributed by atoms with Crippen LogP contribution in [0.2, 0.25) is 5.15 Å².